The molecule has 0 radical (unpaired) electrons. The molecular weight excluding hydrogens is 438 g/mol. The van der Waals surface area contributed by atoms with Crippen molar-refractivity contribution >= 4 is 34.1 Å². The molecule has 0 bridgehead atoms. The van der Waals surface area contributed by atoms with Gasteiger partial charge in [-0.25, -0.2) is 5.48 Å². The Hall–Kier alpha value is -3.75. The van der Waals surface area contributed by atoms with Crippen molar-refractivity contribution in [2.45, 2.75) is 26.0 Å². The minimum atomic E-state index is -0.585. The highest BCUT2D eigenvalue weighted by Crippen LogP contribution is 2.26. The molecule has 1 atom stereocenters. The Kier molecular flexibility index (Phi) is 6.97. The van der Waals surface area contributed by atoms with Crippen molar-refractivity contribution in [1.82, 2.24) is 15.8 Å². The molecule has 0 spiro atoms. The Morgan fingerprint density at radius 1 is 1.09 bits per heavy atom. The molecule has 7 nitrogen and oxygen atoms in total. The standard InChI is InChI=1S/C25H23N3O4S/c1-16-13-17(18-7-2-4-9-20(18)26-16)15-32-22-10-5-3-8-19(22)25(30)27-21(14-24(29)28-31)23-11-6-12-33-23/h2-13,21,31H,14-15H2,1H3,(H,27,30)(H,28,29). The quantitative estimate of drug-likeness (QED) is 0.264. The van der Waals surface area contributed by atoms with Gasteiger partial charge in [0.15, 0.2) is 0 Å². The number of fused-ring (bicyclic) bond motifs is 1. The molecule has 33 heavy (non-hydrogen) atoms. The lowest BCUT2D eigenvalue weighted by molar-refractivity contribution is -0.129. The molecule has 0 saturated heterocycles. The molecule has 8 heteroatoms. The molecule has 0 aliphatic rings. The zero-order valence-corrected chi connectivity index (χ0v) is 18.8. The van der Waals surface area contributed by atoms with Gasteiger partial charge in [0, 0.05) is 21.5 Å². The number of aromatic nitrogens is 1. The highest BCUT2D eigenvalue weighted by molar-refractivity contribution is 7.10. The van der Waals surface area contributed by atoms with Crippen LogP contribution in [0.1, 0.15) is 39.0 Å². The minimum Gasteiger partial charge on any atom is -0.488 e. The highest BCUT2D eigenvalue weighted by atomic mass is 32.1. The number of aryl methyl sites for hydroxylation is 1. The van der Waals surface area contributed by atoms with Crippen molar-refractivity contribution < 1.29 is 19.5 Å². The van der Waals surface area contributed by atoms with Crippen molar-refractivity contribution in [1.29, 1.82) is 0 Å². The number of carbonyl (C=O) groups excluding carboxylic acids is 2. The lowest BCUT2D eigenvalue weighted by atomic mass is 10.1. The van der Waals surface area contributed by atoms with E-state index in [4.69, 9.17) is 9.94 Å². The molecule has 4 aromatic rings. The number of nitrogens with one attached hydrogen (secondary N) is 2. The minimum absolute atomic E-state index is 0.0892. The fourth-order valence-electron chi connectivity index (χ4n) is 3.63. The number of thiophene rings is 1. The fourth-order valence-corrected chi connectivity index (χ4v) is 4.41. The molecule has 2 aromatic carbocycles. The summed E-state index contributed by atoms with van der Waals surface area (Å²) in [5.74, 6) is -0.520. The van der Waals surface area contributed by atoms with E-state index in [1.165, 1.54) is 11.3 Å². The topological polar surface area (TPSA) is 101 Å². The monoisotopic (exact) mass is 461 g/mol. The van der Waals surface area contributed by atoms with Gasteiger partial charge in [-0.1, -0.05) is 36.4 Å². The van der Waals surface area contributed by atoms with E-state index in [0.717, 1.165) is 27.0 Å². The largest absolute Gasteiger partial charge is 0.488 e. The number of benzene rings is 2. The van der Waals surface area contributed by atoms with Gasteiger partial charge in [0.25, 0.3) is 5.91 Å². The normalized spacial score (nSPS) is 11.7. The van der Waals surface area contributed by atoms with Crippen LogP contribution in [0.4, 0.5) is 0 Å². The van der Waals surface area contributed by atoms with Gasteiger partial charge in [-0.2, -0.15) is 0 Å². The molecule has 0 fully saturated rings. The number of hydrogen-bond donors (Lipinski definition) is 3. The molecular formula is C25H23N3O4S. The van der Waals surface area contributed by atoms with Gasteiger partial charge in [-0.3, -0.25) is 19.8 Å². The Balaban J connectivity index is 1.55. The van der Waals surface area contributed by atoms with Crippen LogP contribution >= 0.6 is 11.3 Å². The maximum Gasteiger partial charge on any atom is 0.255 e. The van der Waals surface area contributed by atoms with Crippen LogP contribution in [0.2, 0.25) is 0 Å². The summed E-state index contributed by atoms with van der Waals surface area (Å²) in [6, 6.07) is 19.9. The number of nitrogens with zero attached hydrogens (tertiary/aromatic N) is 1. The number of para-hydroxylation sites is 2. The first-order valence-electron chi connectivity index (χ1n) is 10.4. The third-order valence-electron chi connectivity index (χ3n) is 5.15. The number of hydrogen-bond acceptors (Lipinski definition) is 6. The van der Waals surface area contributed by atoms with Crippen LogP contribution in [0.3, 0.4) is 0 Å². The average molecular weight is 462 g/mol. The van der Waals surface area contributed by atoms with Gasteiger partial charge in [0.1, 0.15) is 12.4 Å². The molecule has 2 amide bonds. The predicted octanol–water partition coefficient (Wildman–Crippen LogP) is 4.55. The van der Waals surface area contributed by atoms with E-state index in [-0.39, 0.29) is 18.9 Å². The number of rotatable bonds is 8. The zero-order chi connectivity index (χ0) is 23.2. The van der Waals surface area contributed by atoms with Crippen molar-refractivity contribution in [3.05, 3.63) is 93.8 Å². The Morgan fingerprint density at radius 3 is 2.67 bits per heavy atom. The smallest absolute Gasteiger partial charge is 0.255 e. The van der Waals surface area contributed by atoms with Gasteiger partial charge in [-0.05, 0) is 42.6 Å². The SMILES string of the molecule is Cc1cc(COc2ccccc2C(=O)NC(CC(=O)NO)c2cccs2)c2ccccc2n1. The van der Waals surface area contributed by atoms with Gasteiger partial charge in [-0.15, -0.1) is 11.3 Å². The third kappa shape index (κ3) is 5.36. The summed E-state index contributed by atoms with van der Waals surface area (Å²) in [7, 11) is 0. The molecule has 2 heterocycles. The van der Waals surface area contributed by atoms with Crippen LogP contribution in [0, 0.1) is 6.92 Å². The van der Waals surface area contributed by atoms with E-state index >= 15 is 0 Å². The molecule has 4 rings (SSSR count). The Morgan fingerprint density at radius 2 is 1.88 bits per heavy atom. The fraction of sp³-hybridized carbons (Fsp3) is 0.160. The second kappa shape index (κ2) is 10.2. The number of amides is 2. The van der Waals surface area contributed by atoms with Gasteiger partial charge >= 0.3 is 0 Å². The molecule has 0 saturated carbocycles. The van der Waals surface area contributed by atoms with E-state index in [1.807, 2.05) is 54.8 Å². The van der Waals surface area contributed by atoms with Crippen LogP contribution < -0.4 is 15.5 Å². The maximum absolute atomic E-state index is 13.1. The van der Waals surface area contributed by atoms with E-state index in [2.05, 4.69) is 10.3 Å². The summed E-state index contributed by atoms with van der Waals surface area (Å²) >= 11 is 1.42. The molecule has 0 aliphatic heterocycles. The van der Waals surface area contributed by atoms with Gasteiger partial charge in [0.05, 0.1) is 23.5 Å². The van der Waals surface area contributed by atoms with Crippen LogP contribution in [-0.4, -0.2) is 22.0 Å². The van der Waals surface area contributed by atoms with Crippen LogP contribution in [0.15, 0.2) is 72.1 Å². The van der Waals surface area contributed by atoms with Crippen LogP contribution in [-0.2, 0) is 11.4 Å². The average Bonchev–Trinajstić information content (AvgIpc) is 3.37. The third-order valence-corrected chi connectivity index (χ3v) is 6.14. The Labute approximate surface area is 195 Å². The summed E-state index contributed by atoms with van der Waals surface area (Å²) in [6.45, 7) is 2.21. The lowest BCUT2D eigenvalue weighted by Crippen LogP contribution is -2.32. The molecule has 168 valence electrons. The van der Waals surface area contributed by atoms with E-state index in [9.17, 15) is 9.59 Å². The van der Waals surface area contributed by atoms with Crippen molar-refractivity contribution in [3.63, 3.8) is 0 Å². The summed E-state index contributed by atoms with van der Waals surface area (Å²) in [5, 5.41) is 14.7. The van der Waals surface area contributed by atoms with Crippen LogP contribution in [0.5, 0.6) is 5.75 Å². The molecule has 3 N–H and O–H groups in total. The second-order valence-corrected chi connectivity index (χ2v) is 8.48. The first-order chi connectivity index (χ1) is 16.0. The predicted molar refractivity (Wildman–Crippen MR) is 126 cm³/mol. The van der Waals surface area contributed by atoms with Gasteiger partial charge < -0.3 is 10.1 Å². The van der Waals surface area contributed by atoms with E-state index in [0.29, 0.717) is 11.3 Å². The Bertz CT molecular complexity index is 1270. The van der Waals surface area contributed by atoms with Crippen LogP contribution in [0.25, 0.3) is 10.9 Å². The van der Waals surface area contributed by atoms with Crippen molar-refractivity contribution in [2.75, 3.05) is 0 Å². The number of ether oxygens (including phenoxy) is 1. The number of pyridine rings is 1. The summed E-state index contributed by atoms with van der Waals surface area (Å²) in [4.78, 5) is 30.3. The van der Waals surface area contributed by atoms with Crippen molar-refractivity contribution in [3.8, 4) is 5.75 Å². The number of carbonyl (C=O) groups is 2. The first kappa shape index (κ1) is 22.4. The lowest BCUT2D eigenvalue weighted by Gasteiger charge is -2.18. The zero-order valence-electron chi connectivity index (χ0n) is 17.9. The summed E-state index contributed by atoms with van der Waals surface area (Å²) < 4.78 is 6.08. The summed E-state index contributed by atoms with van der Waals surface area (Å²) in [6.07, 6.45) is -0.0892. The summed E-state index contributed by atoms with van der Waals surface area (Å²) in [5.41, 5.74) is 4.74. The van der Waals surface area contributed by atoms with E-state index in [1.54, 1.807) is 29.7 Å². The maximum atomic E-state index is 13.1. The van der Waals surface area contributed by atoms with E-state index < -0.39 is 11.9 Å². The second-order valence-electron chi connectivity index (χ2n) is 7.51. The van der Waals surface area contributed by atoms with Crippen molar-refractivity contribution in [2.24, 2.45) is 0 Å². The molecule has 1 unspecified atom stereocenters. The molecule has 2 aromatic heterocycles. The highest BCUT2D eigenvalue weighted by Gasteiger charge is 2.22. The molecule has 0 aliphatic carbocycles. The number of hydroxylamine groups is 1. The first-order valence-corrected chi connectivity index (χ1v) is 11.3. The van der Waals surface area contributed by atoms with Gasteiger partial charge in [0.2, 0.25) is 5.91 Å².